The summed E-state index contributed by atoms with van der Waals surface area (Å²) < 4.78 is 0. The lowest BCUT2D eigenvalue weighted by Crippen LogP contribution is -2.31. The molecule has 138 valence electrons. The van der Waals surface area contributed by atoms with Gasteiger partial charge in [0.15, 0.2) is 5.17 Å². The van der Waals surface area contributed by atoms with E-state index in [1.54, 1.807) is 0 Å². The Balaban J connectivity index is 1.69. The third-order valence-corrected chi connectivity index (χ3v) is 5.92. The maximum absolute atomic E-state index is 12.7. The van der Waals surface area contributed by atoms with Crippen LogP contribution in [-0.2, 0) is 16.0 Å². The second-order valence-electron chi connectivity index (χ2n) is 6.85. The number of nitrogens with one attached hydrogen (secondary N) is 1. The van der Waals surface area contributed by atoms with Gasteiger partial charge in [-0.2, -0.15) is 4.99 Å². The summed E-state index contributed by atoms with van der Waals surface area (Å²) in [4.78, 5) is 33.6. The Morgan fingerprint density at radius 2 is 2.15 bits per heavy atom. The van der Waals surface area contributed by atoms with Crippen molar-refractivity contribution in [3.05, 3.63) is 29.3 Å². The molecule has 1 aliphatic carbocycles. The van der Waals surface area contributed by atoms with Gasteiger partial charge in [0.2, 0.25) is 5.91 Å². The van der Waals surface area contributed by atoms with E-state index in [0.717, 1.165) is 54.6 Å². The van der Waals surface area contributed by atoms with Gasteiger partial charge in [0.25, 0.3) is 5.91 Å². The highest BCUT2D eigenvalue weighted by Crippen LogP contribution is 2.29. The van der Waals surface area contributed by atoms with Crippen molar-refractivity contribution in [3.63, 3.8) is 0 Å². The molecule has 1 N–H and O–H groups in total. The van der Waals surface area contributed by atoms with Gasteiger partial charge < -0.3 is 5.32 Å². The molecule has 1 heterocycles. The second-order valence-corrected chi connectivity index (χ2v) is 8.15. The van der Waals surface area contributed by atoms with Gasteiger partial charge in [-0.15, -0.1) is 0 Å². The average Bonchev–Trinajstić information content (AvgIpc) is 2.63. The summed E-state index contributed by atoms with van der Waals surface area (Å²) in [5, 5.41) is 3.08. The van der Waals surface area contributed by atoms with Crippen molar-refractivity contribution in [2.45, 2.75) is 58.1 Å². The number of anilines is 1. The molecule has 1 aliphatic heterocycles. The van der Waals surface area contributed by atoms with Gasteiger partial charge in [0.1, 0.15) is 0 Å². The minimum absolute atomic E-state index is 0.0971. The maximum Gasteiger partial charge on any atom is 0.256 e. The largest absolute Gasteiger partial charge is 0.325 e. The highest BCUT2D eigenvalue weighted by atomic mass is 32.2. The van der Waals surface area contributed by atoms with Crippen LogP contribution in [0.15, 0.2) is 28.2 Å². The monoisotopic (exact) mass is 371 g/mol. The molecule has 1 aromatic carbocycles. The van der Waals surface area contributed by atoms with Crippen LogP contribution in [0.25, 0.3) is 0 Å². The van der Waals surface area contributed by atoms with E-state index in [1.807, 2.05) is 32.0 Å². The number of amidine groups is 1. The number of hydrogen-bond acceptors (Lipinski definition) is 4. The predicted molar refractivity (Wildman–Crippen MR) is 108 cm³/mol. The SMILES string of the molecule is CCc1cccc(C)c1NC(=O)C(C)SC1=NC(=O)C2CCCCC2=N1. The summed E-state index contributed by atoms with van der Waals surface area (Å²) >= 11 is 1.26. The van der Waals surface area contributed by atoms with Crippen LogP contribution in [0.5, 0.6) is 0 Å². The van der Waals surface area contributed by atoms with E-state index < -0.39 is 0 Å². The van der Waals surface area contributed by atoms with E-state index in [4.69, 9.17) is 0 Å². The van der Waals surface area contributed by atoms with Crippen molar-refractivity contribution >= 4 is 40.1 Å². The Labute approximate surface area is 158 Å². The molecule has 0 saturated heterocycles. The topological polar surface area (TPSA) is 70.9 Å². The molecule has 1 fully saturated rings. The van der Waals surface area contributed by atoms with Gasteiger partial charge in [-0.25, -0.2) is 4.99 Å². The van der Waals surface area contributed by atoms with E-state index in [0.29, 0.717) is 5.17 Å². The zero-order valence-electron chi connectivity index (χ0n) is 15.5. The number of benzene rings is 1. The number of carbonyl (C=O) groups excluding carboxylic acids is 2. The lowest BCUT2D eigenvalue weighted by molar-refractivity contribution is -0.120. The smallest absolute Gasteiger partial charge is 0.256 e. The fourth-order valence-electron chi connectivity index (χ4n) is 3.41. The molecule has 2 unspecified atom stereocenters. The summed E-state index contributed by atoms with van der Waals surface area (Å²) in [5.41, 5.74) is 3.99. The molecular formula is C20H25N3O2S. The molecule has 0 radical (unpaired) electrons. The van der Waals surface area contributed by atoms with Crippen LogP contribution in [0.1, 0.15) is 50.7 Å². The highest BCUT2D eigenvalue weighted by molar-refractivity contribution is 8.15. The molecule has 2 aliphatic rings. The Hall–Kier alpha value is -1.95. The molecule has 5 nitrogen and oxygen atoms in total. The number of carbonyl (C=O) groups is 2. The van der Waals surface area contributed by atoms with Crippen molar-refractivity contribution in [2.24, 2.45) is 15.9 Å². The molecule has 2 amide bonds. The first kappa shape index (κ1) is 18.8. The van der Waals surface area contributed by atoms with Crippen LogP contribution < -0.4 is 5.32 Å². The summed E-state index contributed by atoms with van der Waals surface area (Å²) in [6, 6.07) is 6.02. The minimum atomic E-state index is -0.379. The molecule has 26 heavy (non-hydrogen) atoms. The van der Waals surface area contributed by atoms with E-state index in [-0.39, 0.29) is 23.0 Å². The molecule has 0 bridgehead atoms. The van der Waals surface area contributed by atoms with Crippen LogP contribution in [-0.4, -0.2) is 27.9 Å². The van der Waals surface area contributed by atoms with Crippen LogP contribution in [0, 0.1) is 12.8 Å². The van der Waals surface area contributed by atoms with Crippen LogP contribution in [0.2, 0.25) is 0 Å². The van der Waals surface area contributed by atoms with Crippen molar-refractivity contribution in [3.8, 4) is 0 Å². The molecule has 3 rings (SSSR count). The number of amides is 2. The number of thioether (sulfide) groups is 1. The van der Waals surface area contributed by atoms with E-state index in [2.05, 4.69) is 22.2 Å². The lowest BCUT2D eigenvalue weighted by atomic mass is 9.86. The maximum atomic E-state index is 12.7. The lowest BCUT2D eigenvalue weighted by Gasteiger charge is -2.25. The normalized spacial score (nSPS) is 20.7. The number of fused-ring (bicyclic) bond motifs is 1. The van der Waals surface area contributed by atoms with Crippen LogP contribution >= 0.6 is 11.8 Å². The minimum Gasteiger partial charge on any atom is -0.325 e. The predicted octanol–water partition coefficient (Wildman–Crippen LogP) is 4.15. The molecule has 6 heteroatoms. The Bertz CT molecular complexity index is 785. The Kier molecular flexibility index (Phi) is 5.91. The van der Waals surface area contributed by atoms with Crippen LogP contribution in [0.3, 0.4) is 0 Å². The van der Waals surface area contributed by atoms with Gasteiger partial charge in [-0.3, -0.25) is 9.59 Å². The molecule has 2 atom stereocenters. The fourth-order valence-corrected chi connectivity index (χ4v) is 4.20. The van der Waals surface area contributed by atoms with Gasteiger partial charge >= 0.3 is 0 Å². The molecule has 0 aromatic heterocycles. The zero-order valence-corrected chi connectivity index (χ0v) is 16.4. The number of hydrogen-bond donors (Lipinski definition) is 1. The number of rotatable bonds is 4. The summed E-state index contributed by atoms with van der Waals surface area (Å²) in [6.07, 6.45) is 4.70. The number of aryl methyl sites for hydroxylation is 2. The quantitative estimate of drug-likeness (QED) is 0.864. The first-order valence-corrected chi connectivity index (χ1v) is 10.1. The van der Waals surface area contributed by atoms with Crippen LogP contribution in [0.4, 0.5) is 5.69 Å². The first-order chi connectivity index (χ1) is 12.5. The van der Waals surface area contributed by atoms with Crippen molar-refractivity contribution in [2.75, 3.05) is 5.32 Å². The number of para-hydroxylation sites is 1. The molecule has 1 aromatic rings. The third-order valence-electron chi connectivity index (χ3n) is 4.96. The molecule has 1 saturated carbocycles. The van der Waals surface area contributed by atoms with E-state index in [9.17, 15) is 9.59 Å². The van der Waals surface area contributed by atoms with Crippen molar-refractivity contribution in [1.29, 1.82) is 0 Å². The average molecular weight is 372 g/mol. The molecular weight excluding hydrogens is 346 g/mol. The fraction of sp³-hybridized carbons (Fsp3) is 0.500. The van der Waals surface area contributed by atoms with E-state index in [1.165, 1.54) is 11.8 Å². The highest BCUT2D eigenvalue weighted by Gasteiger charge is 2.31. The Morgan fingerprint density at radius 1 is 1.35 bits per heavy atom. The zero-order chi connectivity index (χ0) is 18.7. The summed E-state index contributed by atoms with van der Waals surface area (Å²) in [6.45, 7) is 5.89. The Morgan fingerprint density at radius 3 is 2.92 bits per heavy atom. The standard InChI is InChI=1S/C20H25N3O2S/c1-4-14-9-7-8-12(2)17(14)22-18(24)13(3)26-20-21-16-11-6-5-10-15(16)19(25)23-20/h7-9,13,15H,4-6,10-11H2,1-3H3,(H,22,24). The van der Waals surface area contributed by atoms with Gasteiger partial charge in [-0.1, -0.05) is 43.3 Å². The van der Waals surface area contributed by atoms with E-state index >= 15 is 0 Å². The summed E-state index contributed by atoms with van der Waals surface area (Å²) in [5.74, 6) is -0.326. The molecule has 0 spiro atoms. The first-order valence-electron chi connectivity index (χ1n) is 9.25. The van der Waals surface area contributed by atoms with Gasteiger partial charge in [0, 0.05) is 11.4 Å². The second kappa shape index (κ2) is 8.16. The van der Waals surface area contributed by atoms with Gasteiger partial charge in [0.05, 0.1) is 11.2 Å². The number of aliphatic imine (C=N–C) groups is 2. The third kappa shape index (κ3) is 4.06. The van der Waals surface area contributed by atoms with Crippen molar-refractivity contribution in [1.82, 2.24) is 0 Å². The van der Waals surface area contributed by atoms with Crippen molar-refractivity contribution < 1.29 is 9.59 Å². The summed E-state index contributed by atoms with van der Waals surface area (Å²) in [7, 11) is 0. The van der Waals surface area contributed by atoms with Gasteiger partial charge in [-0.05, 0) is 50.7 Å². The number of nitrogens with zero attached hydrogens (tertiary/aromatic N) is 2.